The van der Waals surface area contributed by atoms with Crippen molar-refractivity contribution in [1.82, 2.24) is 14.7 Å². The van der Waals surface area contributed by atoms with Crippen molar-refractivity contribution in [3.8, 4) is 11.3 Å². The summed E-state index contributed by atoms with van der Waals surface area (Å²) < 4.78 is 55.5. The van der Waals surface area contributed by atoms with E-state index in [0.717, 1.165) is 6.07 Å². The summed E-state index contributed by atoms with van der Waals surface area (Å²) in [6, 6.07) is 26.3. The molecule has 5 nitrogen and oxygen atoms in total. The van der Waals surface area contributed by atoms with Crippen LogP contribution in [0.5, 0.6) is 0 Å². The first-order valence-corrected chi connectivity index (χ1v) is 13.5. The van der Waals surface area contributed by atoms with Gasteiger partial charge in [0.2, 0.25) is 0 Å². The third-order valence-corrected chi connectivity index (χ3v) is 8.13. The topological polar surface area (TPSA) is 39.5 Å². The molecule has 2 aliphatic rings. The minimum Gasteiger partial charge on any atom is -0.402 e. The summed E-state index contributed by atoms with van der Waals surface area (Å²) in [7, 11) is -0.774. The summed E-state index contributed by atoms with van der Waals surface area (Å²) in [4.78, 5) is 2.38. The fourth-order valence-corrected chi connectivity index (χ4v) is 5.60. The van der Waals surface area contributed by atoms with E-state index in [1.807, 2.05) is 61.9 Å². The Labute approximate surface area is 232 Å². The number of alkyl halides is 3. The average molecular weight is 545 g/mol. The van der Waals surface area contributed by atoms with Gasteiger partial charge < -0.3 is 9.31 Å². The van der Waals surface area contributed by atoms with Crippen molar-refractivity contribution in [1.29, 1.82) is 0 Å². The van der Waals surface area contributed by atoms with E-state index >= 15 is 0 Å². The zero-order valence-electron chi connectivity index (χ0n) is 22.7. The van der Waals surface area contributed by atoms with Crippen molar-refractivity contribution in [2.75, 3.05) is 13.1 Å². The second-order valence-corrected chi connectivity index (χ2v) is 11.1. The highest BCUT2D eigenvalue weighted by Crippen LogP contribution is 2.39. The van der Waals surface area contributed by atoms with Gasteiger partial charge in [-0.25, -0.2) is 0 Å². The molecule has 0 bridgehead atoms. The standard InChI is InChI=1S/C31H31BF3N3O2/c1-21-30(2,3)40-32(39-21)27-15-14-24(31(33,34)35)18-26(27)28-16-17-36-38(28)25-19-37(20-25)29(22-10-6-4-7-11-22)23-12-8-5-9-13-23/h4-18,21,25,29H,19-20H2,1-3H3. The molecule has 0 spiro atoms. The number of benzene rings is 3. The van der Waals surface area contributed by atoms with E-state index in [9.17, 15) is 13.2 Å². The van der Waals surface area contributed by atoms with Crippen LogP contribution in [0.4, 0.5) is 13.2 Å². The Balaban J connectivity index is 1.33. The smallest absolute Gasteiger partial charge is 0.402 e. The molecule has 1 atom stereocenters. The van der Waals surface area contributed by atoms with Gasteiger partial charge in [0.25, 0.3) is 0 Å². The minimum absolute atomic E-state index is 0.00287. The average Bonchev–Trinajstić information content (AvgIpc) is 3.49. The lowest BCUT2D eigenvalue weighted by atomic mass is 9.74. The fourth-order valence-electron chi connectivity index (χ4n) is 5.60. The van der Waals surface area contributed by atoms with E-state index < -0.39 is 24.5 Å². The molecule has 3 heterocycles. The number of nitrogens with zero attached hydrogens (tertiary/aromatic N) is 3. The van der Waals surface area contributed by atoms with E-state index in [1.165, 1.54) is 23.3 Å². The van der Waals surface area contributed by atoms with Gasteiger partial charge in [-0.05, 0) is 49.5 Å². The monoisotopic (exact) mass is 545 g/mol. The van der Waals surface area contributed by atoms with E-state index in [1.54, 1.807) is 12.3 Å². The van der Waals surface area contributed by atoms with Crippen LogP contribution in [0.25, 0.3) is 11.3 Å². The van der Waals surface area contributed by atoms with Gasteiger partial charge in [-0.1, -0.05) is 72.8 Å². The lowest BCUT2D eigenvalue weighted by Gasteiger charge is -2.45. The van der Waals surface area contributed by atoms with Crippen LogP contribution < -0.4 is 5.46 Å². The number of halogens is 3. The molecular weight excluding hydrogens is 514 g/mol. The predicted molar refractivity (Wildman–Crippen MR) is 149 cm³/mol. The molecule has 2 fully saturated rings. The second kappa shape index (κ2) is 10.2. The van der Waals surface area contributed by atoms with Crippen molar-refractivity contribution < 1.29 is 22.5 Å². The first-order valence-electron chi connectivity index (χ1n) is 13.5. The molecule has 2 aliphatic heterocycles. The zero-order chi connectivity index (χ0) is 28.1. The molecule has 1 aromatic heterocycles. The van der Waals surface area contributed by atoms with Crippen LogP contribution in [0.3, 0.4) is 0 Å². The third-order valence-electron chi connectivity index (χ3n) is 8.13. The molecule has 0 N–H and O–H groups in total. The highest BCUT2D eigenvalue weighted by atomic mass is 19.4. The van der Waals surface area contributed by atoms with E-state index in [4.69, 9.17) is 9.31 Å². The molecule has 40 heavy (non-hydrogen) atoms. The number of rotatable bonds is 6. The Morgan fingerprint density at radius 1 is 0.925 bits per heavy atom. The highest BCUT2D eigenvalue weighted by Gasteiger charge is 2.46. The Kier molecular flexibility index (Phi) is 6.85. The minimum atomic E-state index is -4.48. The molecule has 0 radical (unpaired) electrons. The molecular formula is C31H31BF3N3O2. The fraction of sp³-hybridized carbons (Fsp3) is 0.323. The first-order chi connectivity index (χ1) is 19.1. The molecule has 0 saturated carbocycles. The van der Waals surface area contributed by atoms with Gasteiger partial charge in [-0.2, -0.15) is 18.3 Å². The third kappa shape index (κ3) is 4.98. The molecule has 206 valence electrons. The summed E-state index contributed by atoms with van der Waals surface area (Å²) in [5.41, 5.74) is 2.71. The molecule has 9 heteroatoms. The maximum atomic E-state index is 13.8. The second-order valence-electron chi connectivity index (χ2n) is 11.1. The van der Waals surface area contributed by atoms with Crippen LogP contribution in [-0.4, -0.2) is 46.6 Å². The molecule has 2 saturated heterocycles. The Morgan fingerprint density at radius 3 is 2.10 bits per heavy atom. The van der Waals surface area contributed by atoms with Crippen LogP contribution in [-0.2, 0) is 15.5 Å². The summed E-state index contributed by atoms with van der Waals surface area (Å²) in [6.07, 6.45) is -3.05. The van der Waals surface area contributed by atoms with Crippen molar-refractivity contribution >= 4 is 12.6 Å². The van der Waals surface area contributed by atoms with Gasteiger partial charge in [0.1, 0.15) is 0 Å². The van der Waals surface area contributed by atoms with Crippen LogP contribution >= 0.6 is 0 Å². The van der Waals surface area contributed by atoms with Gasteiger partial charge in [0, 0.05) is 24.8 Å². The van der Waals surface area contributed by atoms with Crippen molar-refractivity contribution in [3.05, 3.63) is 108 Å². The van der Waals surface area contributed by atoms with Crippen LogP contribution in [0.1, 0.15) is 49.5 Å². The van der Waals surface area contributed by atoms with Crippen LogP contribution in [0.15, 0.2) is 91.1 Å². The van der Waals surface area contributed by atoms with Gasteiger partial charge in [0.05, 0.1) is 35.0 Å². The Hall–Kier alpha value is -3.40. The molecule has 4 aromatic rings. The number of aromatic nitrogens is 2. The maximum absolute atomic E-state index is 13.8. The van der Waals surface area contributed by atoms with Gasteiger partial charge >= 0.3 is 13.3 Å². The van der Waals surface area contributed by atoms with Gasteiger partial charge in [-0.3, -0.25) is 9.58 Å². The quantitative estimate of drug-likeness (QED) is 0.274. The van der Waals surface area contributed by atoms with Crippen LogP contribution in [0.2, 0.25) is 0 Å². The lowest BCUT2D eigenvalue weighted by molar-refractivity contribution is -0.137. The number of hydrogen-bond acceptors (Lipinski definition) is 4. The first kappa shape index (κ1) is 26.8. The molecule has 6 rings (SSSR count). The SMILES string of the molecule is CC1OB(c2ccc(C(F)(F)F)cc2-c2ccnn2C2CN(C(c3ccccc3)c3ccccc3)C2)OC1(C)C. The Morgan fingerprint density at radius 2 is 1.55 bits per heavy atom. The van der Waals surface area contributed by atoms with E-state index in [-0.39, 0.29) is 18.2 Å². The number of likely N-dealkylation sites (tertiary alicyclic amines) is 1. The molecule has 3 aromatic carbocycles. The molecule has 0 aliphatic carbocycles. The number of hydrogen-bond donors (Lipinski definition) is 0. The maximum Gasteiger partial charge on any atom is 0.495 e. The van der Waals surface area contributed by atoms with Crippen molar-refractivity contribution in [3.63, 3.8) is 0 Å². The molecule has 0 amide bonds. The van der Waals surface area contributed by atoms with E-state index in [2.05, 4.69) is 34.3 Å². The zero-order valence-corrected chi connectivity index (χ0v) is 22.7. The Bertz CT molecular complexity index is 1430. The normalized spacial score (nSPS) is 19.8. The predicted octanol–water partition coefficient (Wildman–Crippen LogP) is 6.12. The van der Waals surface area contributed by atoms with E-state index in [0.29, 0.717) is 29.8 Å². The lowest BCUT2D eigenvalue weighted by Crippen LogP contribution is -2.50. The van der Waals surface area contributed by atoms with Crippen molar-refractivity contribution in [2.45, 2.75) is 50.7 Å². The van der Waals surface area contributed by atoms with Gasteiger partial charge in [0.15, 0.2) is 0 Å². The van der Waals surface area contributed by atoms with Crippen molar-refractivity contribution in [2.24, 2.45) is 0 Å². The van der Waals surface area contributed by atoms with Crippen LogP contribution in [0, 0.1) is 0 Å². The molecule has 1 unspecified atom stereocenters. The summed E-state index contributed by atoms with van der Waals surface area (Å²) in [6.45, 7) is 7.16. The summed E-state index contributed by atoms with van der Waals surface area (Å²) in [5.74, 6) is 0. The summed E-state index contributed by atoms with van der Waals surface area (Å²) >= 11 is 0. The highest BCUT2D eigenvalue weighted by molar-refractivity contribution is 6.63. The largest absolute Gasteiger partial charge is 0.495 e. The summed E-state index contributed by atoms with van der Waals surface area (Å²) in [5, 5.41) is 4.58. The van der Waals surface area contributed by atoms with Gasteiger partial charge in [-0.15, -0.1) is 0 Å².